The van der Waals surface area contributed by atoms with Crippen LogP contribution in [-0.4, -0.2) is 38.0 Å². The van der Waals surface area contributed by atoms with Crippen molar-refractivity contribution in [1.29, 1.82) is 0 Å². The number of benzene rings is 1. The fourth-order valence-electron chi connectivity index (χ4n) is 2.40. The second-order valence-corrected chi connectivity index (χ2v) is 7.90. The number of hydrogen-bond acceptors (Lipinski definition) is 3. The minimum atomic E-state index is -3.67. The monoisotopic (exact) mass is 333 g/mol. The summed E-state index contributed by atoms with van der Waals surface area (Å²) in [5, 5.41) is 9.85. The number of aliphatic hydroxyl groups excluding tert-OH is 1. The maximum Gasteiger partial charge on any atom is 0.244 e. The lowest BCUT2D eigenvalue weighted by Gasteiger charge is -2.33. The summed E-state index contributed by atoms with van der Waals surface area (Å²) in [6.45, 7) is 5.87. The fourth-order valence-corrected chi connectivity index (χ4v) is 4.46. The number of sulfonamides is 1. The van der Waals surface area contributed by atoms with Crippen molar-refractivity contribution in [3.05, 3.63) is 28.8 Å². The fraction of sp³-hybridized carbons (Fsp3) is 0.600. The molecule has 1 N–H and O–H groups in total. The lowest BCUT2D eigenvalue weighted by atomic mass is 9.83. The molecule has 1 rings (SSSR count). The summed E-state index contributed by atoms with van der Waals surface area (Å²) in [4.78, 5) is 0.146. The van der Waals surface area contributed by atoms with Crippen molar-refractivity contribution in [1.82, 2.24) is 4.31 Å². The topological polar surface area (TPSA) is 57.6 Å². The van der Waals surface area contributed by atoms with E-state index in [1.54, 1.807) is 25.1 Å². The number of rotatable bonds is 7. The highest BCUT2D eigenvalue weighted by molar-refractivity contribution is 7.89. The maximum absolute atomic E-state index is 12.8. The van der Waals surface area contributed by atoms with Gasteiger partial charge in [-0.05, 0) is 31.4 Å². The van der Waals surface area contributed by atoms with Crippen molar-refractivity contribution in [2.24, 2.45) is 5.41 Å². The van der Waals surface area contributed by atoms with Crippen molar-refractivity contribution >= 4 is 21.6 Å². The van der Waals surface area contributed by atoms with Gasteiger partial charge in [0.25, 0.3) is 0 Å². The highest BCUT2D eigenvalue weighted by Crippen LogP contribution is 2.32. The van der Waals surface area contributed by atoms with E-state index < -0.39 is 15.4 Å². The van der Waals surface area contributed by atoms with E-state index >= 15 is 0 Å². The van der Waals surface area contributed by atoms with Gasteiger partial charge in [0.05, 0.1) is 5.02 Å². The number of aryl methyl sites for hydroxylation is 1. The first-order chi connectivity index (χ1) is 9.74. The van der Waals surface area contributed by atoms with Gasteiger partial charge in [0.2, 0.25) is 10.0 Å². The van der Waals surface area contributed by atoms with E-state index in [9.17, 15) is 13.5 Å². The number of hydrogen-bond donors (Lipinski definition) is 1. The first-order valence-electron chi connectivity index (χ1n) is 7.06. The quantitative estimate of drug-likeness (QED) is 0.834. The summed E-state index contributed by atoms with van der Waals surface area (Å²) in [6.07, 6.45) is 1.42. The predicted molar refractivity (Wildman–Crippen MR) is 86.1 cm³/mol. The van der Waals surface area contributed by atoms with E-state index in [-0.39, 0.29) is 23.1 Å². The van der Waals surface area contributed by atoms with Crippen LogP contribution >= 0.6 is 11.6 Å². The summed E-state index contributed by atoms with van der Waals surface area (Å²) in [5.74, 6) is 0. The summed E-state index contributed by atoms with van der Waals surface area (Å²) in [6, 6.07) is 5.03. The van der Waals surface area contributed by atoms with Gasteiger partial charge in [-0.25, -0.2) is 12.7 Å². The van der Waals surface area contributed by atoms with Crippen LogP contribution in [0.4, 0.5) is 0 Å². The molecule has 1 aromatic carbocycles. The SMILES string of the molecule is CCC(CC)(CO)CN(C)S(=O)(=O)c1c(C)cccc1Cl. The third-order valence-corrected chi connectivity index (χ3v) is 6.66. The van der Waals surface area contributed by atoms with Gasteiger partial charge in [-0.1, -0.05) is 37.6 Å². The lowest BCUT2D eigenvalue weighted by molar-refractivity contribution is 0.0971. The van der Waals surface area contributed by atoms with Crippen molar-refractivity contribution in [2.75, 3.05) is 20.2 Å². The summed E-state index contributed by atoms with van der Waals surface area (Å²) in [7, 11) is -2.14. The van der Waals surface area contributed by atoms with Gasteiger partial charge in [-0.3, -0.25) is 0 Å². The molecule has 0 fully saturated rings. The minimum Gasteiger partial charge on any atom is -0.396 e. The Morgan fingerprint density at radius 1 is 1.29 bits per heavy atom. The number of halogens is 1. The highest BCUT2D eigenvalue weighted by Gasteiger charge is 2.33. The van der Waals surface area contributed by atoms with Crippen LogP contribution in [-0.2, 0) is 10.0 Å². The molecule has 0 radical (unpaired) electrons. The zero-order valence-electron chi connectivity index (χ0n) is 13.1. The van der Waals surface area contributed by atoms with Crippen LogP contribution in [0.1, 0.15) is 32.3 Å². The third kappa shape index (κ3) is 3.77. The van der Waals surface area contributed by atoms with Crippen LogP contribution in [0.15, 0.2) is 23.1 Å². The maximum atomic E-state index is 12.8. The average Bonchev–Trinajstić information content (AvgIpc) is 2.44. The van der Waals surface area contributed by atoms with Crippen molar-refractivity contribution in [3.8, 4) is 0 Å². The molecule has 21 heavy (non-hydrogen) atoms. The normalized spacial score (nSPS) is 12.9. The van der Waals surface area contributed by atoms with Gasteiger partial charge in [-0.15, -0.1) is 0 Å². The Morgan fingerprint density at radius 2 is 1.86 bits per heavy atom. The Balaban J connectivity index is 3.19. The van der Waals surface area contributed by atoms with E-state index in [1.807, 2.05) is 13.8 Å². The molecule has 120 valence electrons. The van der Waals surface area contributed by atoms with Gasteiger partial charge >= 0.3 is 0 Å². The number of nitrogens with zero attached hydrogens (tertiary/aromatic N) is 1. The molecular formula is C15H24ClNO3S. The molecule has 0 aromatic heterocycles. The van der Waals surface area contributed by atoms with E-state index in [0.29, 0.717) is 18.4 Å². The van der Waals surface area contributed by atoms with E-state index in [1.165, 1.54) is 11.4 Å². The van der Waals surface area contributed by atoms with Gasteiger partial charge in [-0.2, -0.15) is 0 Å². The molecular weight excluding hydrogens is 310 g/mol. The molecule has 0 spiro atoms. The molecule has 0 aliphatic heterocycles. The second kappa shape index (κ2) is 7.09. The lowest BCUT2D eigenvalue weighted by Crippen LogP contribution is -2.40. The minimum absolute atomic E-state index is 0.0403. The Bertz CT molecular complexity index is 554. The molecule has 0 amide bonds. The van der Waals surface area contributed by atoms with Crippen LogP contribution < -0.4 is 0 Å². The first kappa shape index (κ1) is 18.4. The first-order valence-corrected chi connectivity index (χ1v) is 8.88. The van der Waals surface area contributed by atoms with Crippen LogP contribution in [0.25, 0.3) is 0 Å². The van der Waals surface area contributed by atoms with Crippen LogP contribution in [0, 0.1) is 12.3 Å². The predicted octanol–water partition coefficient (Wildman–Crippen LogP) is 3.07. The standard InChI is InChI=1S/C15H24ClNO3S/c1-5-15(6-2,11-18)10-17(4)21(19,20)14-12(3)8-7-9-13(14)16/h7-9,18H,5-6,10-11H2,1-4H3. The molecule has 0 aliphatic carbocycles. The van der Waals surface area contributed by atoms with Crippen LogP contribution in [0.2, 0.25) is 5.02 Å². The van der Waals surface area contributed by atoms with Crippen molar-refractivity contribution in [2.45, 2.75) is 38.5 Å². The van der Waals surface area contributed by atoms with E-state index in [4.69, 9.17) is 11.6 Å². The smallest absolute Gasteiger partial charge is 0.244 e. The molecule has 0 atom stereocenters. The zero-order chi connectivity index (χ0) is 16.3. The summed E-state index contributed by atoms with van der Waals surface area (Å²) >= 11 is 6.08. The third-order valence-electron chi connectivity index (χ3n) is 4.23. The Hall–Kier alpha value is -0.620. The summed E-state index contributed by atoms with van der Waals surface area (Å²) in [5.41, 5.74) is 0.203. The Morgan fingerprint density at radius 3 is 2.29 bits per heavy atom. The molecule has 1 aromatic rings. The largest absolute Gasteiger partial charge is 0.396 e. The van der Waals surface area contributed by atoms with Crippen molar-refractivity contribution in [3.63, 3.8) is 0 Å². The van der Waals surface area contributed by atoms with Gasteiger partial charge in [0, 0.05) is 25.6 Å². The molecule has 0 aliphatic rings. The Labute approximate surface area is 132 Å². The van der Waals surface area contributed by atoms with Gasteiger partial charge in [0.15, 0.2) is 0 Å². The van der Waals surface area contributed by atoms with E-state index in [0.717, 1.165) is 0 Å². The molecule has 0 bridgehead atoms. The van der Waals surface area contributed by atoms with Crippen LogP contribution in [0.3, 0.4) is 0 Å². The molecule has 0 unspecified atom stereocenters. The molecule has 0 saturated carbocycles. The van der Waals surface area contributed by atoms with Crippen molar-refractivity contribution < 1.29 is 13.5 Å². The zero-order valence-corrected chi connectivity index (χ0v) is 14.6. The van der Waals surface area contributed by atoms with Gasteiger partial charge < -0.3 is 5.11 Å². The molecule has 6 heteroatoms. The van der Waals surface area contributed by atoms with E-state index in [2.05, 4.69) is 0 Å². The molecule has 4 nitrogen and oxygen atoms in total. The van der Waals surface area contributed by atoms with Gasteiger partial charge in [0.1, 0.15) is 4.90 Å². The molecule has 0 heterocycles. The second-order valence-electron chi connectivity index (χ2n) is 5.51. The highest BCUT2D eigenvalue weighted by atomic mass is 35.5. The van der Waals surface area contributed by atoms with Crippen LogP contribution in [0.5, 0.6) is 0 Å². The number of aliphatic hydroxyl groups is 1. The summed E-state index contributed by atoms with van der Waals surface area (Å²) < 4.78 is 26.8. The Kier molecular flexibility index (Phi) is 6.23. The molecule has 0 saturated heterocycles. The average molecular weight is 334 g/mol.